The van der Waals surface area contributed by atoms with Gasteiger partial charge in [0.15, 0.2) is 0 Å². The van der Waals surface area contributed by atoms with E-state index in [-0.39, 0.29) is 6.42 Å². The Kier molecular flexibility index (Phi) is 4.45. The Bertz CT molecular complexity index is 744. The van der Waals surface area contributed by atoms with Gasteiger partial charge in [-0.1, -0.05) is 68.7 Å². The molecule has 6 heteroatoms. The molecule has 23 heavy (non-hydrogen) atoms. The van der Waals surface area contributed by atoms with E-state index in [0.717, 1.165) is 10.0 Å². The Morgan fingerprint density at radius 1 is 1.17 bits per heavy atom. The van der Waals surface area contributed by atoms with Crippen molar-refractivity contribution in [2.75, 3.05) is 0 Å². The van der Waals surface area contributed by atoms with Crippen LogP contribution in [0, 0.1) is 0 Å². The monoisotopic (exact) mass is 374 g/mol. The molecule has 0 bridgehead atoms. The zero-order valence-electron chi connectivity index (χ0n) is 12.2. The molecule has 1 aliphatic rings. The molecular weight excluding hydrogens is 360 g/mol. The zero-order valence-corrected chi connectivity index (χ0v) is 13.8. The summed E-state index contributed by atoms with van der Waals surface area (Å²) >= 11 is 3.36. The van der Waals surface area contributed by atoms with E-state index in [9.17, 15) is 10.3 Å². The molecule has 3 rings (SSSR count). The van der Waals surface area contributed by atoms with E-state index < -0.39 is 5.79 Å². The number of oxime groups is 2. The molecule has 1 atom stereocenters. The van der Waals surface area contributed by atoms with Crippen LogP contribution in [0.3, 0.4) is 0 Å². The van der Waals surface area contributed by atoms with Crippen molar-refractivity contribution in [2.24, 2.45) is 10.3 Å². The molecule has 118 valence electrons. The van der Waals surface area contributed by atoms with Gasteiger partial charge in [0.05, 0.1) is 17.8 Å². The Hall–Kier alpha value is -2.18. The maximum absolute atomic E-state index is 10.6. The largest absolute Gasteiger partial charge is 0.411 e. The third-order valence-electron chi connectivity index (χ3n) is 3.66. The van der Waals surface area contributed by atoms with Crippen LogP contribution in [0.5, 0.6) is 0 Å². The summed E-state index contributed by atoms with van der Waals surface area (Å²) in [7, 11) is 0. The summed E-state index contributed by atoms with van der Waals surface area (Å²) in [6, 6.07) is 16.6. The highest BCUT2D eigenvalue weighted by Crippen LogP contribution is 2.33. The molecule has 0 radical (unpaired) electrons. The second kappa shape index (κ2) is 6.52. The minimum absolute atomic E-state index is 0.223. The molecule has 0 spiro atoms. The van der Waals surface area contributed by atoms with E-state index in [1.54, 1.807) is 12.1 Å². The molecule has 5 nitrogen and oxygen atoms in total. The average Bonchev–Trinajstić information content (AvgIpc) is 2.96. The fraction of sp³-hybridized carbons (Fsp3) is 0.176. The number of nitrogens with zero attached hydrogens (tertiary/aromatic N) is 2. The molecule has 0 amide bonds. The second-order valence-corrected chi connectivity index (χ2v) is 6.22. The average molecular weight is 375 g/mol. The molecule has 1 heterocycles. The van der Waals surface area contributed by atoms with E-state index in [2.05, 4.69) is 26.2 Å². The summed E-state index contributed by atoms with van der Waals surface area (Å²) in [5.41, 5.74) is 2.53. The van der Waals surface area contributed by atoms with E-state index in [1.807, 2.05) is 42.5 Å². The summed E-state index contributed by atoms with van der Waals surface area (Å²) in [6.07, 6.45) is 0.528. The topological polar surface area (TPSA) is 74.4 Å². The Labute approximate surface area is 142 Å². The molecule has 0 fully saturated rings. The molecule has 0 aromatic heterocycles. The first-order valence-electron chi connectivity index (χ1n) is 7.09. The first-order valence-corrected chi connectivity index (χ1v) is 7.89. The summed E-state index contributed by atoms with van der Waals surface area (Å²) in [4.78, 5) is 5.25. The molecule has 2 N–H and O–H groups in total. The van der Waals surface area contributed by atoms with Crippen molar-refractivity contribution in [1.82, 2.24) is 0 Å². The summed E-state index contributed by atoms with van der Waals surface area (Å²) in [6.45, 7) is 0. The van der Waals surface area contributed by atoms with E-state index in [1.165, 1.54) is 0 Å². The van der Waals surface area contributed by atoms with Crippen LogP contribution in [0.15, 0.2) is 69.4 Å². The number of benzene rings is 2. The molecule has 2 aromatic rings. The van der Waals surface area contributed by atoms with Crippen molar-refractivity contribution in [3.05, 3.63) is 70.2 Å². The first kappa shape index (κ1) is 15.7. The van der Waals surface area contributed by atoms with Gasteiger partial charge in [0.1, 0.15) is 0 Å². The lowest BCUT2D eigenvalue weighted by atomic mass is 9.96. The van der Waals surface area contributed by atoms with Crippen molar-refractivity contribution < 1.29 is 15.2 Å². The Morgan fingerprint density at radius 3 is 2.52 bits per heavy atom. The van der Waals surface area contributed by atoms with Gasteiger partial charge in [0.2, 0.25) is 0 Å². The summed E-state index contributed by atoms with van der Waals surface area (Å²) < 4.78 is 0.919. The van der Waals surface area contributed by atoms with Crippen LogP contribution in [0.2, 0.25) is 0 Å². The number of halogens is 1. The predicted molar refractivity (Wildman–Crippen MR) is 90.6 cm³/mol. The van der Waals surface area contributed by atoms with Crippen LogP contribution >= 0.6 is 15.9 Å². The molecule has 1 aliphatic heterocycles. The lowest BCUT2D eigenvalue weighted by Crippen LogP contribution is -2.26. The van der Waals surface area contributed by atoms with Crippen molar-refractivity contribution in [3.8, 4) is 0 Å². The Balaban J connectivity index is 1.73. The minimum atomic E-state index is -1.48. The van der Waals surface area contributed by atoms with E-state index in [0.29, 0.717) is 23.4 Å². The maximum atomic E-state index is 10.6. The van der Waals surface area contributed by atoms with Gasteiger partial charge in [0.25, 0.3) is 5.79 Å². The molecule has 0 saturated carbocycles. The molecule has 1 unspecified atom stereocenters. The van der Waals surface area contributed by atoms with Crippen LogP contribution in [0.25, 0.3) is 0 Å². The predicted octanol–water partition coefficient (Wildman–Crippen LogP) is 3.64. The fourth-order valence-corrected chi connectivity index (χ4v) is 2.72. The highest BCUT2D eigenvalue weighted by Gasteiger charge is 2.39. The van der Waals surface area contributed by atoms with Crippen molar-refractivity contribution in [1.29, 1.82) is 0 Å². The number of aliphatic hydroxyl groups is 1. The third kappa shape index (κ3) is 3.43. The third-order valence-corrected chi connectivity index (χ3v) is 4.19. The lowest BCUT2D eigenvalue weighted by molar-refractivity contribution is -0.193. The molecule has 2 aromatic carbocycles. The quantitative estimate of drug-likeness (QED) is 0.487. The maximum Gasteiger partial charge on any atom is 0.266 e. The van der Waals surface area contributed by atoms with Crippen LogP contribution in [-0.2, 0) is 10.6 Å². The second-order valence-electron chi connectivity index (χ2n) is 5.31. The van der Waals surface area contributed by atoms with Crippen molar-refractivity contribution in [3.63, 3.8) is 0 Å². The lowest BCUT2D eigenvalue weighted by Gasteiger charge is -2.20. The van der Waals surface area contributed by atoms with Crippen LogP contribution in [0.1, 0.15) is 24.0 Å². The number of hydrogen-bond donors (Lipinski definition) is 2. The van der Waals surface area contributed by atoms with Crippen molar-refractivity contribution in [2.45, 2.75) is 18.6 Å². The van der Waals surface area contributed by atoms with Gasteiger partial charge in [-0.3, -0.25) is 0 Å². The fourth-order valence-electron chi connectivity index (χ4n) is 2.46. The van der Waals surface area contributed by atoms with Gasteiger partial charge in [-0.05, 0) is 17.7 Å². The first-order chi connectivity index (χ1) is 11.1. The van der Waals surface area contributed by atoms with Gasteiger partial charge >= 0.3 is 0 Å². The Morgan fingerprint density at radius 2 is 1.87 bits per heavy atom. The van der Waals surface area contributed by atoms with Gasteiger partial charge in [0, 0.05) is 16.5 Å². The standard InChI is InChI=1S/C17H15BrN2O3/c18-14-8-6-13(7-9-14)17(21)11-15(20-23-17)10-16(19-22)12-4-2-1-3-5-12/h1-9,21-22H,10-11H2/b19-16-. The van der Waals surface area contributed by atoms with Gasteiger partial charge < -0.3 is 15.2 Å². The highest BCUT2D eigenvalue weighted by atomic mass is 79.9. The molecule has 0 saturated heterocycles. The number of rotatable bonds is 4. The minimum Gasteiger partial charge on any atom is -0.411 e. The normalized spacial score (nSPS) is 21.0. The SMILES string of the molecule is O/N=C(/CC1=NOC(O)(c2ccc(Br)cc2)C1)c1ccccc1. The summed E-state index contributed by atoms with van der Waals surface area (Å²) in [5.74, 6) is -1.48. The zero-order chi connectivity index (χ0) is 16.3. The summed E-state index contributed by atoms with van der Waals surface area (Å²) in [5, 5.41) is 27.2. The van der Waals surface area contributed by atoms with Crippen LogP contribution < -0.4 is 0 Å². The smallest absolute Gasteiger partial charge is 0.266 e. The number of hydrogen-bond acceptors (Lipinski definition) is 5. The van der Waals surface area contributed by atoms with Crippen LogP contribution in [0.4, 0.5) is 0 Å². The van der Waals surface area contributed by atoms with Crippen molar-refractivity contribution >= 4 is 27.4 Å². The molecular formula is C17H15BrN2O3. The van der Waals surface area contributed by atoms with Gasteiger partial charge in [-0.15, -0.1) is 0 Å². The highest BCUT2D eigenvalue weighted by molar-refractivity contribution is 9.10. The van der Waals surface area contributed by atoms with Gasteiger partial charge in [-0.2, -0.15) is 0 Å². The molecule has 0 aliphatic carbocycles. The van der Waals surface area contributed by atoms with E-state index in [4.69, 9.17) is 4.84 Å². The van der Waals surface area contributed by atoms with E-state index >= 15 is 0 Å². The van der Waals surface area contributed by atoms with Gasteiger partial charge in [-0.25, -0.2) is 0 Å². The van der Waals surface area contributed by atoms with Crippen LogP contribution in [-0.4, -0.2) is 21.7 Å².